The number of halogens is 1. The minimum atomic E-state index is -0.224. The van der Waals surface area contributed by atoms with Crippen LogP contribution in [0.5, 0.6) is 0 Å². The molecule has 0 saturated carbocycles. The average Bonchev–Trinajstić information content (AvgIpc) is 3.27. The van der Waals surface area contributed by atoms with Gasteiger partial charge in [0.15, 0.2) is 0 Å². The van der Waals surface area contributed by atoms with Crippen molar-refractivity contribution in [1.29, 1.82) is 0 Å². The maximum absolute atomic E-state index is 13.4. The molecule has 198 valence electrons. The van der Waals surface area contributed by atoms with Crippen LogP contribution in [-0.4, -0.2) is 49.3 Å². The first-order valence-corrected chi connectivity index (χ1v) is 13.4. The van der Waals surface area contributed by atoms with Gasteiger partial charge in [-0.3, -0.25) is 14.7 Å². The molecular formula is C29H43FN4OS. The molecular weight excluding hydrogens is 471 g/mol. The molecule has 7 heteroatoms. The molecule has 0 aliphatic carbocycles. The van der Waals surface area contributed by atoms with Gasteiger partial charge in [-0.05, 0) is 51.3 Å². The average molecular weight is 515 g/mol. The van der Waals surface area contributed by atoms with E-state index in [1.54, 1.807) is 26.4 Å². The molecule has 1 atom stereocenters. The predicted octanol–water partition coefficient (Wildman–Crippen LogP) is 8.12. The lowest BCUT2D eigenvalue weighted by molar-refractivity contribution is 0.0800. The lowest BCUT2D eigenvalue weighted by Crippen LogP contribution is -2.39. The van der Waals surface area contributed by atoms with Crippen molar-refractivity contribution >= 4 is 39.5 Å². The maximum Gasteiger partial charge on any atom is 0.269 e. The minimum absolute atomic E-state index is 0.0283. The van der Waals surface area contributed by atoms with Gasteiger partial charge in [-0.25, -0.2) is 9.37 Å². The molecule has 36 heavy (non-hydrogen) atoms. The second kappa shape index (κ2) is 16.0. The van der Waals surface area contributed by atoms with Crippen molar-refractivity contribution in [1.82, 2.24) is 9.88 Å². The number of amides is 1. The zero-order chi connectivity index (χ0) is 27.3. The zero-order valence-corrected chi connectivity index (χ0v) is 24.1. The molecule has 0 bridgehead atoms. The fourth-order valence-electron chi connectivity index (χ4n) is 3.85. The smallest absolute Gasteiger partial charge is 0.269 e. The Balaban J connectivity index is 0.000000613. The third-order valence-corrected chi connectivity index (χ3v) is 6.59. The summed E-state index contributed by atoms with van der Waals surface area (Å²) in [6, 6.07) is 2.19. The van der Waals surface area contributed by atoms with Gasteiger partial charge in [-0.2, -0.15) is 0 Å². The van der Waals surface area contributed by atoms with E-state index in [-0.39, 0.29) is 17.8 Å². The van der Waals surface area contributed by atoms with E-state index in [2.05, 4.69) is 42.2 Å². The van der Waals surface area contributed by atoms with Gasteiger partial charge >= 0.3 is 0 Å². The number of rotatable bonds is 11. The fourth-order valence-corrected chi connectivity index (χ4v) is 4.80. The number of carbonyl (C=O) groups excluding carboxylic acids is 1. The van der Waals surface area contributed by atoms with Gasteiger partial charge in [0.1, 0.15) is 10.7 Å². The van der Waals surface area contributed by atoms with E-state index in [4.69, 9.17) is 0 Å². The predicted molar refractivity (Wildman–Crippen MR) is 156 cm³/mol. The van der Waals surface area contributed by atoms with Crippen LogP contribution in [0.4, 0.5) is 10.1 Å². The number of fused-ring (bicyclic) bond motifs is 1. The van der Waals surface area contributed by atoms with Crippen LogP contribution in [0, 0.1) is 6.92 Å². The summed E-state index contributed by atoms with van der Waals surface area (Å²) in [6.45, 7) is 13.5. The van der Waals surface area contributed by atoms with Crippen molar-refractivity contribution in [3.63, 3.8) is 0 Å². The highest BCUT2D eigenvalue weighted by molar-refractivity contribution is 7.20. The molecule has 2 aromatic rings. The van der Waals surface area contributed by atoms with Crippen LogP contribution >= 0.6 is 11.3 Å². The van der Waals surface area contributed by atoms with Crippen molar-refractivity contribution < 1.29 is 9.18 Å². The summed E-state index contributed by atoms with van der Waals surface area (Å²) >= 11 is 1.47. The monoisotopic (exact) mass is 514 g/mol. The summed E-state index contributed by atoms with van der Waals surface area (Å²) < 4.78 is 12.2. The first-order chi connectivity index (χ1) is 17.1. The third kappa shape index (κ3) is 9.34. The van der Waals surface area contributed by atoms with Gasteiger partial charge in [-0.15, -0.1) is 11.3 Å². The van der Waals surface area contributed by atoms with Gasteiger partial charge in [0.25, 0.3) is 5.91 Å². The number of carbonyl (C=O) groups is 1. The van der Waals surface area contributed by atoms with Gasteiger partial charge in [0.2, 0.25) is 0 Å². The van der Waals surface area contributed by atoms with E-state index in [1.807, 2.05) is 38.2 Å². The Morgan fingerprint density at radius 1 is 1.25 bits per heavy atom. The highest BCUT2D eigenvalue weighted by atomic mass is 32.1. The molecule has 0 aliphatic rings. The Bertz CT molecular complexity index is 1080. The molecule has 1 unspecified atom stereocenters. The second-order valence-corrected chi connectivity index (χ2v) is 10.1. The third-order valence-electron chi connectivity index (χ3n) is 5.56. The van der Waals surface area contributed by atoms with E-state index in [9.17, 15) is 9.18 Å². The first kappa shape index (κ1) is 31.2. The van der Waals surface area contributed by atoms with Crippen LogP contribution in [0.25, 0.3) is 10.2 Å². The Kier molecular flexibility index (Phi) is 13.9. The van der Waals surface area contributed by atoms with E-state index in [1.165, 1.54) is 23.5 Å². The number of allylic oxidation sites excluding steroid dienone is 5. The number of aliphatic imine (C=N–C) groups is 1. The number of hydrogen-bond donors (Lipinski definition) is 0. The standard InChI is InChI=1S/C21H32N4OS.C8H11F/c1-7-9-11-16(10-8-2)25(14-22-4)21(26)18-12-17-19(24(5)6)15(3)13-23-20(17)27-18;1-4-8(9)6-5-7(2)3/h12-14,16H,7-11H2,1-6H3;4-6H,2H2,1,3H3/b;6-5-,8-4+. The maximum atomic E-state index is 13.4. The number of anilines is 1. The Morgan fingerprint density at radius 3 is 2.47 bits per heavy atom. The highest BCUT2D eigenvalue weighted by Crippen LogP contribution is 2.34. The number of thiophene rings is 1. The van der Waals surface area contributed by atoms with Gasteiger partial charge in [0, 0.05) is 38.8 Å². The normalized spacial score (nSPS) is 12.6. The Hall–Kier alpha value is -2.80. The van der Waals surface area contributed by atoms with Crippen molar-refractivity contribution in [2.45, 2.75) is 72.8 Å². The first-order valence-electron chi connectivity index (χ1n) is 12.6. The van der Waals surface area contributed by atoms with Crippen LogP contribution in [-0.2, 0) is 0 Å². The van der Waals surface area contributed by atoms with Crippen LogP contribution in [0.3, 0.4) is 0 Å². The number of nitrogens with zero attached hydrogens (tertiary/aromatic N) is 4. The second-order valence-electron chi connectivity index (χ2n) is 9.04. The van der Waals surface area contributed by atoms with Crippen molar-refractivity contribution in [3.05, 3.63) is 58.9 Å². The largest absolute Gasteiger partial charge is 0.377 e. The molecule has 2 rings (SSSR count). The summed E-state index contributed by atoms with van der Waals surface area (Å²) in [5.74, 6) is -0.196. The molecule has 2 aromatic heterocycles. The molecule has 0 saturated heterocycles. The number of aryl methyl sites for hydroxylation is 1. The van der Waals surface area contributed by atoms with E-state index < -0.39 is 0 Å². The summed E-state index contributed by atoms with van der Waals surface area (Å²) in [5.41, 5.74) is 3.09. The fraction of sp³-hybridized carbons (Fsp3) is 0.483. The molecule has 2 heterocycles. The molecule has 0 aromatic carbocycles. The van der Waals surface area contributed by atoms with Crippen LogP contribution in [0.15, 0.2) is 53.5 Å². The summed E-state index contributed by atoms with van der Waals surface area (Å²) in [7, 11) is 5.78. The van der Waals surface area contributed by atoms with E-state index in [0.717, 1.165) is 64.0 Å². The topological polar surface area (TPSA) is 48.8 Å². The highest BCUT2D eigenvalue weighted by Gasteiger charge is 2.25. The van der Waals surface area contributed by atoms with Crippen LogP contribution < -0.4 is 4.90 Å². The quantitative estimate of drug-likeness (QED) is 0.173. The minimum Gasteiger partial charge on any atom is -0.377 e. The van der Waals surface area contributed by atoms with Crippen molar-refractivity contribution in [2.75, 3.05) is 26.0 Å². The molecule has 5 nitrogen and oxygen atoms in total. The summed E-state index contributed by atoms with van der Waals surface area (Å²) in [5, 5.41) is 1.04. The molecule has 0 spiro atoms. The lowest BCUT2D eigenvalue weighted by Gasteiger charge is -2.27. The van der Waals surface area contributed by atoms with E-state index in [0.29, 0.717) is 0 Å². The number of aromatic nitrogens is 1. The molecule has 0 fully saturated rings. The summed E-state index contributed by atoms with van der Waals surface area (Å²) in [6.07, 6.45) is 13.3. The molecule has 1 amide bonds. The van der Waals surface area contributed by atoms with Gasteiger partial charge in [0.05, 0.1) is 16.9 Å². The van der Waals surface area contributed by atoms with Gasteiger partial charge in [-0.1, -0.05) is 57.4 Å². The Morgan fingerprint density at radius 2 is 1.94 bits per heavy atom. The van der Waals surface area contributed by atoms with E-state index >= 15 is 0 Å². The zero-order valence-electron chi connectivity index (χ0n) is 23.3. The Labute approximate surface area is 221 Å². The molecule has 0 radical (unpaired) electrons. The van der Waals surface area contributed by atoms with Crippen molar-refractivity contribution in [2.24, 2.45) is 4.99 Å². The van der Waals surface area contributed by atoms with Crippen LogP contribution in [0.2, 0.25) is 0 Å². The number of unbranched alkanes of at least 4 members (excludes halogenated alkanes) is 1. The van der Waals surface area contributed by atoms with Gasteiger partial charge < -0.3 is 4.90 Å². The molecule has 0 N–H and O–H groups in total. The van der Waals surface area contributed by atoms with Crippen LogP contribution in [0.1, 0.15) is 75.0 Å². The SMILES string of the molecule is C=C(C)/C=C\C(F)=C/C.CCCCC(CCC)N(C=NC)C(=O)c1cc2c(N(C)C)c(C)cnc2s1. The van der Waals surface area contributed by atoms with Crippen molar-refractivity contribution in [3.8, 4) is 0 Å². The molecule has 0 aliphatic heterocycles. The number of hydrogen-bond acceptors (Lipinski definition) is 5. The summed E-state index contributed by atoms with van der Waals surface area (Å²) in [4.78, 5) is 27.6. The number of pyridine rings is 1. The lowest BCUT2D eigenvalue weighted by atomic mass is 10.0.